The number of rotatable bonds is 5. The first-order valence-corrected chi connectivity index (χ1v) is 8.10. The van der Waals surface area contributed by atoms with Crippen LogP contribution >= 0.6 is 11.8 Å². The van der Waals surface area contributed by atoms with Gasteiger partial charge < -0.3 is 5.32 Å². The third-order valence-corrected chi connectivity index (χ3v) is 5.29. The fraction of sp³-hybridized carbons (Fsp3) is 0.714. The second-order valence-corrected chi connectivity index (χ2v) is 6.32. The quantitative estimate of drug-likeness (QED) is 0.884. The van der Waals surface area contributed by atoms with E-state index in [0.717, 1.165) is 24.5 Å². The molecule has 0 bridgehead atoms. The first-order valence-electron chi connectivity index (χ1n) is 6.88. The van der Waals surface area contributed by atoms with Gasteiger partial charge in [0.1, 0.15) is 12.1 Å². The highest BCUT2D eigenvalue weighted by Gasteiger charge is 2.30. The zero-order valence-electron chi connectivity index (χ0n) is 11.4. The summed E-state index contributed by atoms with van der Waals surface area (Å²) >= 11 is 2.02. The van der Waals surface area contributed by atoms with Gasteiger partial charge in [-0.15, -0.1) is 0 Å². The van der Waals surface area contributed by atoms with Crippen LogP contribution in [-0.4, -0.2) is 27.5 Å². The van der Waals surface area contributed by atoms with E-state index in [2.05, 4.69) is 34.5 Å². The molecule has 0 saturated heterocycles. The third-order valence-electron chi connectivity index (χ3n) is 3.88. The van der Waals surface area contributed by atoms with Crippen molar-refractivity contribution in [3.63, 3.8) is 0 Å². The highest BCUT2D eigenvalue weighted by Crippen LogP contribution is 2.38. The molecule has 0 aliphatic heterocycles. The minimum Gasteiger partial charge on any atom is -0.369 e. The van der Waals surface area contributed by atoms with Crippen LogP contribution in [0.15, 0.2) is 12.4 Å². The van der Waals surface area contributed by atoms with Crippen LogP contribution in [0.2, 0.25) is 0 Å². The summed E-state index contributed by atoms with van der Waals surface area (Å²) < 4.78 is 0.412. The van der Waals surface area contributed by atoms with Crippen LogP contribution in [0.4, 0.5) is 5.82 Å². The summed E-state index contributed by atoms with van der Waals surface area (Å²) in [6, 6.07) is 2.07. The Labute approximate surface area is 114 Å². The predicted octanol–water partition coefficient (Wildman–Crippen LogP) is 3.52. The molecule has 1 aromatic rings. The fourth-order valence-electron chi connectivity index (χ4n) is 2.59. The van der Waals surface area contributed by atoms with E-state index in [9.17, 15) is 0 Å². The Balaban J connectivity index is 1.96. The van der Waals surface area contributed by atoms with Crippen LogP contribution in [0.5, 0.6) is 0 Å². The molecule has 0 atom stereocenters. The minimum absolute atomic E-state index is 0.412. The van der Waals surface area contributed by atoms with Crippen molar-refractivity contribution < 1.29 is 0 Å². The van der Waals surface area contributed by atoms with Gasteiger partial charge in [0, 0.05) is 23.1 Å². The summed E-state index contributed by atoms with van der Waals surface area (Å²) in [6.45, 7) is 3.14. The highest BCUT2D eigenvalue weighted by molar-refractivity contribution is 8.00. The lowest BCUT2D eigenvalue weighted by Crippen LogP contribution is -2.35. The van der Waals surface area contributed by atoms with Crippen LogP contribution in [0, 0.1) is 0 Å². The molecule has 100 valence electrons. The molecule has 1 saturated carbocycles. The minimum atomic E-state index is 0.412. The van der Waals surface area contributed by atoms with Gasteiger partial charge in [-0.05, 0) is 25.5 Å². The van der Waals surface area contributed by atoms with E-state index in [1.54, 1.807) is 6.33 Å². The van der Waals surface area contributed by atoms with Crippen LogP contribution < -0.4 is 5.32 Å². The molecule has 0 amide bonds. The van der Waals surface area contributed by atoms with Gasteiger partial charge in [0.2, 0.25) is 0 Å². The standard InChI is InChI=1S/C14H23N3S/c1-3-12-9-13(17-11-16-12)15-10-14(18-2)7-5-4-6-8-14/h9,11H,3-8,10H2,1-2H3,(H,15,16,17). The predicted molar refractivity (Wildman–Crippen MR) is 79.2 cm³/mol. The molecule has 0 unspecified atom stereocenters. The number of nitrogens with zero attached hydrogens (tertiary/aromatic N) is 2. The van der Waals surface area contributed by atoms with Crippen molar-refractivity contribution in [3.8, 4) is 0 Å². The smallest absolute Gasteiger partial charge is 0.129 e. The second-order valence-electron chi connectivity index (χ2n) is 5.05. The largest absolute Gasteiger partial charge is 0.369 e. The molecule has 1 aliphatic rings. The van der Waals surface area contributed by atoms with Crippen molar-refractivity contribution >= 4 is 17.6 Å². The lowest BCUT2D eigenvalue weighted by Gasteiger charge is -2.36. The third kappa shape index (κ3) is 3.37. The number of hydrogen-bond donors (Lipinski definition) is 1. The molecule has 18 heavy (non-hydrogen) atoms. The first-order chi connectivity index (χ1) is 8.78. The Kier molecular flexibility index (Phi) is 4.87. The van der Waals surface area contributed by atoms with Crippen LogP contribution in [-0.2, 0) is 6.42 Å². The molecule has 2 rings (SSSR count). The lowest BCUT2D eigenvalue weighted by atomic mass is 9.88. The average Bonchev–Trinajstić information content (AvgIpc) is 2.46. The zero-order chi connectivity index (χ0) is 12.8. The molecule has 0 radical (unpaired) electrons. The van der Waals surface area contributed by atoms with Gasteiger partial charge in [0.15, 0.2) is 0 Å². The van der Waals surface area contributed by atoms with Crippen molar-refractivity contribution in [2.45, 2.75) is 50.2 Å². The Hall–Kier alpha value is -0.770. The topological polar surface area (TPSA) is 37.8 Å². The number of nitrogens with one attached hydrogen (secondary N) is 1. The Morgan fingerprint density at radius 2 is 2.06 bits per heavy atom. The Bertz CT molecular complexity index is 375. The molecule has 0 aromatic carbocycles. The lowest BCUT2D eigenvalue weighted by molar-refractivity contribution is 0.411. The summed E-state index contributed by atoms with van der Waals surface area (Å²) in [5.41, 5.74) is 1.11. The highest BCUT2D eigenvalue weighted by atomic mass is 32.2. The van der Waals surface area contributed by atoms with Gasteiger partial charge in [0.05, 0.1) is 0 Å². The number of aryl methyl sites for hydroxylation is 1. The van der Waals surface area contributed by atoms with Gasteiger partial charge in [-0.2, -0.15) is 11.8 Å². The van der Waals surface area contributed by atoms with Crippen molar-refractivity contribution in [1.29, 1.82) is 0 Å². The summed E-state index contributed by atoms with van der Waals surface area (Å²) in [5.74, 6) is 0.973. The molecule has 3 nitrogen and oxygen atoms in total. The van der Waals surface area contributed by atoms with Crippen LogP contribution in [0.25, 0.3) is 0 Å². The molecule has 1 fully saturated rings. The van der Waals surface area contributed by atoms with E-state index in [-0.39, 0.29) is 0 Å². The summed E-state index contributed by atoms with van der Waals surface area (Å²) in [7, 11) is 0. The number of hydrogen-bond acceptors (Lipinski definition) is 4. The number of thioether (sulfide) groups is 1. The van der Waals surface area contributed by atoms with Gasteiger partial charge >= 0.3 is 0 Å². The SMILES string of the molecule is CCc1cc(NCC2(SC)CCCCC2)ncn1. The summed E-state index contributed by atoms with van der Waals surface area (Å²) in [6.07, 6.45) is 11.7. The van der Waals surface area contributed by atoms with E-state index in [0.29, 0.717) is 4.75 Å². The number of aromatic nitrogens is 2. The van der Waals surface area contributed by atoms with Gasteiger partial charge in [-0.3, -0.25) is 0 Å². The van der Waals surface area contributed by atoms with Gasteiger partial charge in [-0.1, -0.05) is 26.2 Å². The molecular formula is C14H23N3S. The molecule has 0 spiro atoms. The van der Waals surface area contributed by atoms with Crippen molar-refractivity contribution in [2.75, 3.05) is 18.1 Å². The van der Waals surface area contributed by atoms with Crippen molar-refractivity contribution in [2.24, 2.45) is 0 Å². The monoisotopic (exact) mass is 265 g/mol. The molecule has 1 N–H and O–H groups in total. The zero-order valence-corrected chi connectivity index (χ0v) is 12.2. The molecule has 1 aliphatic carbocycles. The Morgan fingerprint density at radius 1 is 1.28 bits per heavy atom. The van der Waals surface area contributed by atoms with E-state index < -0.39 is 0 Å². The van der Waals surface area contributed by atoms with Crippen molar-refractivity contribution in [3.05, 3.63) is 18.1 Å². The van der Waals surface area contributed by atoms with Crippen LogP contribution in [0.3, 0.4) is 0 Å². The fourth-order valence-corrected chi connectivity index (χ4v) is 3.50. The number of anilines is 1. The molecule has 1 heterocycles. The van der Waals surface area contributed by atoms with Gasteiger partial charge in [-0.25, -0.2) is 9.97 Å². The van der Waals surface area contributed by atoms with Gasteiger partial charge in [0.25, 0.3) is 0 Å². The van der Waals surface area contributed by atoms with E-state index in [4.69, 9.17) is 0 Å². The molecular weight excluding hydrogens is 242 g/mol. The first kappa shape index (κ1) is 13.7. The van der Waals surface area contributed by atoms with E-state index in [1.165, 1.54) is 32.1 Å². The summed E-state index contributed by atoms with van der Waals surface area (Å²) in [5, 5.41) is 3.51. The van der Waals surface area contributed by atoms with Crippen molar-refractivity contribution in [1.82, 2.24) is 9.97 Å². The Morgan fingerprint density at radius 3 is 2.72 bits per heavy atom. The average molecular weight is 265 g/mol. The maximum absolute atomic E-state index is 4.31. The van der Waals surface area contributed by atoms with E-state index >= 15 is 0 Å². The molecule has 4 heteroatoms. The normalized spacial score (nSPS) is 18.6. The van der Waals surface area contributed by atoms with E-state index in [1.807, 2.05) is 11.8 Å². The maximum Gasteiger partial charge on any atom is 0.129 e. The molecule has 1 aromatic heterocycles. The van der Waals surface area contributed by atoms with Crippen LogP contribution in [0.1, 0.15) is 44.7 Å². The summed E-state index contributed by atoms with van der Waals surface area (Å²) in [4.78, 5) is 8.54. The maximum atomic E-state index is 4.31. The second kappa shape index (κ2) is 6.41.